The number of aryl methyl sites for hydroxylation is 1. The van der Waals surface area contributed by atoms with Gasteiger partial charge in [0.25, 0.3) is 5.91 Å². The Morgan fingerprint density at radius 2 is 1.96 bits per heavy atom. The average Bonchev–Trinajstić information content (AvgIpc) is 2.65. The Labute approximate surface area is 163 Å². The molecule has 3 rings (SSSR count). The Hall–Kier alpha value is -2.05. The van der Waals surface area contributed by atoms with Gasteiger partial charge in [0.1, 0.15) is 11.3 Å². The Bertz CT molecular complexity index is 916. The number of hydrogen-bond acceptors (Lipinski definition) is 5. The molecule has 2 aromatic rings. The van der Waals surface area contributed by atoms with Crippen LogP contribution >= 0.6 is 11.6 Å². The van der Waals surface area contributed by atoms with Gasteiger partial charge in [0, 0.05) is 30.1 Å². The molecular formula is C20H25ClN2O4. The Kier molecular flexibility index (Phi) is 5.77. The molecule has 1 aliphatic heterocycles. The summed E-state index contributed by atoms with van der Waals surface area (Å²) < 4.78 is 11.0. The maximum atomic E-state index is 12.5. The van der Waals surface area contributed by atoms with Crippen molar-refractivity contribution in [1.82, 2.24) is 9.80 Å². The fourth-order valence-corrected chi connectivity index (χ4v) is 3.60. The van der Waals surface area contributed by atoms with Crippen molar-refractivity contribution in [1.29, 1.82) is 0 Å². The molecule has 27 heavy (non-hydrogen) atoms. The van der Waals surface area contributed by atoms with E-state index in [1.807, 2.05) is 14.0 Å². The van der Waals surface area contributed by atoms with Crippen LogP contribution in [-0.4, -0.2) is 55.5 Å². The van der Waals surface area contributed by atoms with Gasteiger partial charge in [-0.05, 0) is 58.5 Å². The van der Waals surface area contributed by atoms with Crippen molar-refractivity contribution < 1.29 is 13.9 Å². The average molecular weight is 393 g/mol. The van der Waals surface area contributed by atoms with Crippen LogP contribution in [0.15, 0.2) is 21.3 Å². The number of likely N-dealkylation sites (N-methyl/N-ethyl adjacent to an activating group) is 1. The first-order valence-electron chi connectivity index (χ1n) is 9.08. The predicted molar refractivity (Wildman–Crippen MR) is 106 cm³/mol. The van der Waals surface area contributed by atoms with Crippen LogP contribution in [0, 0.1) is 13.8 Å². The quantitative estimate of drug-likeness (QED) is 0.748. The lowest BCUT2D eigenvalue weighted by Gasteiger charge is -2.35. The number of nitrogens with zero attached hydrogens (tertiary/aromatic N) is 2. The number of ether oxygens (including phenoxy) is 1. The second-order valence-corrected chi connectivity index (χ2v) is 7.65. The number of amides is 1. The number of fused-ring (bicyclic) bond motifs is 1. The van der Waals surface area contributed by atoms with E-state index >= 15 is 0 Å². The van der Waals surface area contributed by atoms with E-state index in [2.05, 4.69) is 11.9 Å². The molecule has 1 aromatic heterocycles. The monoisotopic (exact) mass is 392 g/mol. The number of carbonyl (C=O) groups excluding carboxylic acids is 1. The number of carbonyl (C=O) groups is 1. The molecule has 0 N–H and O–H groups in total. The van der Waals surface area contributed by atoms with Crippen molar-refractivity contribution in [3.8, 4) is 5.75 Å². The molecule has 146 valence electrons. The van der Waals surface area contributed by atoms with Crippen molar-refractivity contribution in [3.63, 3.8) is 0 Å². The summed E-state index contributed by atoms with van der Waals surface area (Å²) in [6.45, 7) is 5.43. The number of halogens is 1. The van der Waals surface area contributed by atoms with E-state index in [4.69, 9.17) is 20.8 Å². The minimum atomic E-state index is -0.383. The summed E-state index contributed by atoms with van der Waals surface area (Å²) in [7, 11) is 3.90. The van der Waals surface area contributed by atoms with Gasteiger partial charge in [-0.3, -0.25) is 4.79 Å². The van der Waals surface area contributed by atoms with Crippen LogP contribution in [0.1, 0.15) is 24.0 Å². The van der Waals surface area contributed by atoms with E-state index < -0.39 is 0 Å². The second kappa shape index (κ2) is 7.90. The summed E-state index contributed by atoms with van der Waals surface area (Å²) in [5.41, 5.74) is 1.40. The van der Waals surface area contributed by atoms with Gasteiger partial charge in [-0.2, -0.15) is 0 Å². The molecule has 0 bridgehead atoms. The normalized spacial score (nSPS) is 15.9. The standard InChI is InChI=1S/C20H25ClN2O4/c1-12-13(2)20(25)27-17-10-18(16(21)9-15(12)17)26-11-19(24)23(4)14-5-7-22(3)8-6-14/h9-10,14H,5-8,11H2,1-4H3. The highest BCUT2D eigenvalue weighted by Gasteiger charge is 2.24. The molecule has 1 fully saturated rings. The van der Waals surface area contributed by atoms with Gasteiger partial charge in [-0.15, -0.1) is 0 Å². The van der Waals surface area contributed by atoms with E-state index in [9.17, 15) is 9.59 Å². The number of rotatable bonds is 4. The molecule has 7 heteroatoms. The highest BCUT2D eigenvalue weighted by molar-refractivity contribution is 6.32. The van der Waals surface area contributed by atoms with Gasteiger partial charge in [0.15, 0.2) is 6.61 Å². The molecule has 6 nitrogen and oxygen atoms in total. The lowest BCUT2D eigenvalue weighted by atomic mass is 10.0. The number of piperidine rings is 1. The summed E-state index contributed by atoms with van der Waals surface area (Å²) in [4.78, 5) is 28.4. The summed E-state index contributed by atoms with van der Waals surface area (Å²) in [5.74, 6) is 0.239. The van der Waals surface area contributed by atoms with Crippen molar-refractivity contribution >= 4 is 28.5 Å². The maximum absolute atomic E-state index is 12.5. The minimum Gasteiger partial charge on any atom is -0.482 e. The number of hydrogen-bond donors (Lipinski definition) is 0. The van der Waals surface area contributed by atoms with Gasteiger partial charge >= 0.3 is 5.63 Å². The van der Waals surface area contributed by atoms with Crippen LogP contribution in [0.3, 0.4) is 0 Å². The maximum Gasteiger partial charge on any atom is 0.339 e. The SMILES string of the molecule is Cc1c(C)c2cc(Cl)c(OCC(=O)N(C)C3CCN(C)CC3)cc2oc1=O. The summed E-state index contributed by atoms with van der Waals surface area (Å²) in [5, 5.41) is 1.15. The first-order chi connectivity index (χ1) is 12.8. The van der Waals surface area contributed by atoms with Crippen LogP contribution in [0.2, 0.25) is 5.02 Å². The van der Waals surface area contributed by atoms with E-state index in [0.29, 0.717) is 21.9 Å². The smallest absolute Gasteiger partial charge is 0.339 e. The predicted octanol–water partition coefficient (Wildman–Crippen LogP) is 2.99. The van der Waals surface area contributed by atoms with Crippen LogP contribution in [0.5, 0.6) is 5.75 Å². The Balaban J connectivity index is 1.73. The molecule has 0 saturated carbocycles. The van der Waals surface area contributed by atoms with Crippen molar-refractivity contribution in [2.45, 2.75) is 32.7 Å². The zero-order valence-corrected chi connectivity index (χ0v) is 16.9. The van der Waals surface area contributed by atoms with Gasteiger partial charge in [0.05, 0.1) is 5.02 Å². The zero-order valence-electron chi connectivity index (χ0n) is 16.2. The van der Waals surface area contributed by atoms with E-state index in [0.717, 1.165) is 36.9 Å². The summed E-state index contributed by atoms with van der Waals surface area (Å²) >= 11 is 6.32. The zero-order chi connectivity index (χ0) is 19.7. The van der Waals surface area contributed by atoms with Crippen LogP contribution < -0.4 is 10.4 Å². The third-order valence-corrected chi connectivity index (χ3v) is 5.79. The number of likely N-dealkylation sites (tertiary alicyclic amines) is 1. The molecule has 1 saturated heterocycles. The van der Waals surface area contributed by atoms with Gasteiger partial charge in [-0.25, -0.2) is 4.79 Å². The highest BCUT2D eigenvalue weighted by atomic mass is 35.5. The molecule has 0 atom stereocenters. The lowest BCUT2D eigenvalue weighted by Crippen LogP contribution is -2.45. The molecule has 0 radical (unpaired) electrons. The molecule has 1 aromatic carbocycles. The Morgan fingerprint density at radius 3 is 2.63 bits per heavy atom. The number of benzene rings is 1. The lowest BCUT2D eigenvalue weighted by molar-refractivity contribution is -0.134. The van der Waals surface area contributed by atoms with Crippen LogP contribution in [0.25, 0.3) is 11.0 Å². The highest BCUT2D eigenvalue weighted by Crippen LogP contribution is 2.31. The largest absolute Gasteiger partial charge is 0.482 e. The third kappa shape index (κ3) is 4.12. The minimum absolute atomic E-state index is 0.0951. The van der Waals surface area contributed by atoms with Crippen molar-refractivity contribution in [2.24, 2.45) is 0 Å². The summed E-state index contributed by atoms with van der Waals surface area (Å²) in [6.07, 6.45) is 1.92. The van der Waals surface area contributed by atoms with E-state index in [1.165, 1.54) is 0 Å². The van der Waals surface area contributed by atoms with Crippen molar-refractivity contribution in [2.75, 3.05) is 33.8 Å². The summed E-state index contributed by atoms with van der Waals surface area (Å²) in [6, 6.07) is 3.52. The van der Waals surface area contributed by atoms with Gasteiger partial charge in [0.2, 0.25) is 0 Å². The van der Waals surface area contributed by atoms with Gasteiger partial charge < -0.3 is 19.0 Å². The topological polar surface area (TPSA) is 63.0 Å². The Morgan fingerprint density at radius 1 is 1.30 bits per heavy atom. The van der Waals surface area contributed by atoms with Crippen LogP contribution in [-0.2, 0) is 4.79 Å². The molecule has 0 spiro atoms. The second-order valence-electron chi connectivity index (χ2n) is 7.25. The molecule has 0 unspecified atom stereocenters. The molecule has 1 amide bonds. The molecular weight excluding hydrogens is 368 g/mol. The first kappa shape index (κ1) is 19.7. The van der Waals surface area contributed by atoms with Crippen molar-refractivity contribution in [3.05, 3.63) is 38.7 Å². The molecule has 0 aliphatic carbocycles. The van der Waals surface area contributed by atoms with E-state index in [1.54, 1.807) is 24.0 Å². The molecule has 2 heterocycles. The van der Waals surface area contributed by atoms with Crippen LogP contribution in [0.4, 0.5) is 0 Å². The fraction of sp³-hybridized carbons (Fsp3) is 0.500. The third-order valence-electron chi connectivity index (χ3n) is 5.49. The fourth-order valence-electron chi connectivity index (χ4n) is 3.38. The molecule has 1 aliphatic rings. The van der Waals surface area contributed by atoms with Gasteiger partial charge in [-0.1, -0.05) is 11.6 Å². The van der Waals surface area contributed by atoms with E-state index in [-0.39, 0.29) is 24.2 Å². The first-order valence-corrected chi connectivity index (χ1v) is 9.46.